The van der Waals surface area contributed by atoms with Crippen LogP contribution in [0, 0.1) is 6.92 Å². The van der Waals surface area contributed by atoms with Crippen LogP contribution in [0.3, 0.4) is 0 Å². The number of rotatable bonds is 1. The Morgan fingerprint density at radius 2 is 2.10 bits per heavy atom. The average Bonchev–Trinajstić information content (AvgIpc) is 2.49. The van der Waals surface area contributed by atoms with Gasteiger partial charge < -0.3 is 4.90 Å². The molecule has 1 unspecified atom stereocenters. The first-order chi connectivity index (χ1) is 9.66. The van der Waals surface area contributed by atoms with E-state index in [2.05, 4.69) is 20.8 Å². The van der Waals surface area contributed by atoms with Gasteiger partial charge in [0.2, 0.25) is 0 Å². The second-order valence-electron chi connectivity index (χ2n) is 5.87. The van der Waals surface area contributed by atoms with Crippen molar-refractivity contribution in [1.82, 2.24) is 9.80 Å². The van der Waals surface area contributed by atoms with Gasteiger partial charge in [-0.1, -0.05) is 18.6 Å². The molecule has 0 radical (unpaired) electrons. The zero-order valence-corrected chi connectivity index (χ0v) is 13.5. The third-order valence-corrected chi connectivity index (χ3v) is 5.60. The fraction of sp³-hybridized carbons (Fsp3) is 0.562. The minimum Gasteiger partial charge on any atom is -0.336 e. The number of hydrogen-bond acceptors (Lipinski definition) is 2. The number of fused-ring (bicyclic) bond motifs is 1. The Labute approximate surface area is 129 Å². The van der Waals surface area contributed by atoms with E-state index in [1.54, 1.807) is 0 Å². The second-order valence-corrected chi connectivity index (χ2v) is 6.67. The molecule has 4 heteroatoms. The summed E-state index contributed by atoms with van der Waals surface area (Å²) in [5.41, 5.74) is 1.92. The van der Waals surface area contributed by atoms with Gasteiger partial charge in [0, 0.05) is 30.1 Å². The fourth-order valence-corrected chi connectivity index (χ4v) is 3.76. The molecule has 3 rings (SSSR count). The molecule has 0 bridgehead atoms. The van der Waals surface area contributed by atoms with Crippen LogP contribution < -0.4 is 0 Å². The molecule has 1 amide bonds. The Kier molecular flexibility index (Phi) is 4.13. The molecule has 0 spiro atoms. The normalized spacial score (nSPS) is 23.5. The summed E-state index contributed by atoms with van der Waals surface area (Å²) in [5.74, 6) is 0.172. The van der Waals surface area contributed by atoms with Crippen LogP contribution in [0.2, 0.25) is 0 Å². The molecule has 2 heterocycles. The van der Waals surface area contributed by atoms with E-state index >= 15 is 0 Å². The summed E-state index contributed by atoms with van der Waals surface area (Å²) in [6.07, 6.45) is 3.85. The van der Waals surface area contributed by atoms with Gasteiger partial charge in [0.25, 0.3) is 5.91 Å². The maximum Gasteiger partial charge on any atom is 0.255 e. The second kappa shape index (κ2) is 5.86. The van der Waals surface area contributed by atoms with Crippen molar-refractivity contribution in [1.29, 1.82) is 0 Å². The van der Waals surface area contributed by atoms with Crippen LogP contribution in [0.5, 0.6) is 0 Å². The zero-order valence-electron chi connectivity index (χ0n) is 11.9. The van der Waals surface area contributed by atoms with Crippen molar-refractivity contribution in [2.75, 3.05) is 26.2 Å². The largest absolute Gasteiger partial charge is 0.336 e. The van der Waals surface area contributed by atoms with Gasteiger partial charge in [-0.15, -0.1) is 0 Å². The standard InChI is InChI=1S/C16H21BrN2O/c1-12-5-4-7-14(15(12)17)16(20)19-10-9-18-8-3-2-6-13(18)11-19/h4-5,7,13H,2-3,6,8-11H2,1H3. The maximum absolute atomic E-state index is 12.7. The van der Waals surface area contributed by atoms with Crippen LogP contribution >= 0.6 is 15.9 Å². The Hall–Kier alpha value is -0.870. The molecule has 1 aromatic carbocycles. The highest BCUT2D eigenvalue weighted by Crippen LogP contribution is 2.25. The van der Waals surface area contributed by atoms with Crippen LogP contribution in [0.1, 0.15) is 35.2 Å². The lowest BCUT2D eigenvalue weighted by Gasteiger charge is -2.44. The number of aryl methyl sites for hydroxylation is 1. The van der Waals surface area contributed by atoms with E-state index in [0.717, 1.165) is 35.2 Å². The van der Waals surface area contributed by atoms with Gasteiger partial charge in [0.15, 0.2) is 0 Å². The van der Waals surface area contributed by atoms with Gasteiger partial charge in [-0.05, 0) is 53.9 Å². The summed E-state index contributed by atoms with van der Waals surface area (Å²) in [6.45, 7) is 6.01. The number of piperidine rings is 1. The quantitative estimate of drug-likeness (QED) is 0.786. The van der Waals surface area contributed by atoms with Gasteiger partial charge in [0.1, 0.15) is 0 Å². The number of benzene rings is 1. The number of nitrogens with zero attached hydrogens (tertiary/aromatic N) is 2. The third kappa shape index (κ3) is 2.63. The lowest BCUT2D eigenvalue weighted by molar-refractivity contribution is 0.0372. The molecular weight excluding hydrogens is 316 g/mol. The van der Waals surface area contributed by atoms with Gasteiger partial charge in [-0.3, -0.25) is 9.69 Å². The molecule has 0 saturated carbocycles. The summed E-state index contributed by atoms with van der Waals surface area (Å²) >= 11 is 3.56. The molecule has 0 aromatic heterocycles. The molecular formula is C16H21BrN2O. The van der Waals surface area contributed by atoms with Gasteiger partial charge in [-0.25, -0.2) is 0 Å². The smallest absolute Gasteiger partial charge is 0.255 e. The summed E-state index contributed by atoms with van der Waals surface area (Å²) in [7, 11) is 0. The van der Waals surface area contributed by atoms with Crippen molar-refractivity contribution in [2.45, 2.75) is 32.2 Å². The highest BCUT2D eigenvalue weighted by Gasteiger charge is 2.31. The van der Waals surface area contributed by atoms with E-state index in [4.69, 9.17) is 0 Å². The molecule has 0 N–H and O–H groups in total. The van der Waals surface area contributed by atoms with Crippen LogP contribution in [-0.4, -0.2) is 47.9 Å². The van der Waals surface area contributed by atoms with E-state index in [1.165, 1.54) is 25.8 Å². The van der Waals surface area contributed by atoms with Crippen molar-refractivity contribution in [2.24, 2.45) is 0 Å². The molecule has 108 valence electrons. The average molecular weight is 337 g/mol. The van der Waals surface area contributed by atoms with E-state index in [0.29, 0.717) is 6.04 Å². The zero-order chi connectivity index (χ0) is 14.1. The van der Waals surface area contributed by atoms with Gasteiger partial charge in [0.05, 0.1) is 5.56 Å². The number of hydrogen-bond donors (Lipinski definition) is 0. The Balaban J connectivity index is 1.76. The molecule has 20 heavy (non-hydrogen) atoms. The number of halogens is 1. The molecule has 0 aliphatic carbocycles. The third-order valence-electron chi connectivity index (χ3n) is 4.55. The number of piperazine rings is 1. The van der Waals surface area contributed by atoms with E-state index in [-0.39, 0.29) is 5.91 Å². The van der Waals surface area contributed by atoms with Crippen LogP contribution in [0.15, 0.2) is 22.7 Å². The molecule has 2 saturated heterocycles. The molecule has 1 atom stereocenters. The topological polar surface area (TPSA) is 23.6 Å². The van der Waals surface area contributed by atoms with Crippen molar-refractivity contribution < 1.29 is 4.79 Å². The van der Waals surface area contributed by atoms with Crippen molar-refractivity contribution >= 4 is 21.8 Å². The molecule has 2 fully saturated rings. The fourth-order valence-electron chi connectivity index (χ4n) is 3.32. The molecule has 2 aliphatic rings. The van der Waals surface area contributed by atoms with Crippen LogP contribution in [0.4, 0.5) is 0 Å². The minimum absolute atomic E-state index is 0.172. The lowest BCUT2D eigenvalue weighted by Crippen LogP contribution is -2.56. The summed E-state index contributed by atoms with van der Waals surface area (Å²) < 4.78 is 0.941. The van der Waals surface area contributed by atoms with E-state index in [9.17, 15) is 4.79 Å². The van der Waals surface area contributed by atoms with Crippen molar-refractivity contribution in [3.8, 4) is 0 Å². The Bertz CT molecular complexity index is 517. The number of carbonyl (C=O) groups excluding carboxylic acids is 1. The number of amides is 1. The first kappa shape index (κ1) is 14.1. The predicted octanol–water partition coefficient (Wildman–Crippen LogP) is 3.07. The highest BCUT2D eigenvalue weighted by atomic mass is 79.9. The van der Waals surface area contributed by atoms with E-state index < -0.39 is 0 Å². The highest BCUT2D eigenvalue weighted by molar-refractivity contribution is 9.10. The van der Waals surface area contributed by atoms with Gasteiger partial charge in [-0.2, -0.15) is 0 Å². The first-order valence-electron chi connectivity index (χ1n) is 7.45. The monoisotopic (exact) mass is 336 g/mol. The summed E-state index contributed by atoms with van der Waals surface area (Å²) in [6, 6.07) is 6.49. The van der Waals surface area contributed by atoms with Crippen molar-refractivity contribution in [3.63, 3.8) is 0 Å². The minimum atomic E-state index is 0.172. The van der Waals surface area contributed by atoms with Gasteiger partial charge >= 0.3 is 0 Å². The predicted molar refractivity (Wildman–Crippen MR) is 84.0 cm³/mol. The SMILES string of the molecule is Cc1cccc(C(=O)N2CCN3CCCCC3C2)c1Br. The first-order valence-corrected chi connectivity index (χ1v) is 8.24. The van der Waals surface area contributed by atoms with E-state index in [1.807, 2.05) is 30.0 Å². The van der Waals surface area contributed by atoms with Crippen LogP contribution in [-0.2, 0) is 0 Å². The van der Waals surface area contributed by atoms with Crippen LogP contribution in [0.25, 0.3) is 0 Å². The maximum atomic E-state index is 12.7. The van der Waals surface area contributed by atoms with Crippen molar-refractivity contribution in [3.05, 3.63) is 33.8 Å². The molecule has 3 nitrogen and oxygen atoms in total. The lowest BCUT2D eigenvalue weighted by atomic mass is 9.99. The number of carbonyl (C=O) groups is 1. The molecule has 1 aromatic rings. The Morgan fingerprint density at radius 1 is 1.25 bits per heavy atom. The summed E-state index contributed by atoms with van der Waals surface area (Å²) in [4.78, 5) is 17.3. The summed E-state index contributed by atoms with van der Waals surface area (Å²) in [5, 5.41) is 0. The Morgan fingerprint density at radius 3 is 2.95 bits per heavy atom. The molecule has 2 aliphatic heterocycles.